The van der Waals surface area contributed by atoms with Gasteiger partial charge in [-0.15, -0.1) is 0 Å². The van der Waals surface area contributed by atoms with Crippen LogP contribution in [0.4, 0.5) is 4.79 Å². The molecule has 1 aromatic carbocycles. The van der Waals surface area contributed by atoms with Crippen LogP contribution in [0.1, 0.15) is 59.4 Å². The summed E-state index contributed by atoms with van der Waals surface area (Å²) in [4.78, 5) is 39.3. The van der Waals surface area contributed by atoms with Crippen LogP contribution in [0.5, 0.6) is 0 Å². The molecule has 8 nitrogen and oxygen atoms in total. The first kappa shape index (κ1) is 25.6. The lowest BCUT2D eigenvalue weighted by atomic mass is 10.0. The van der Waals surface area contributed by atoms with Crippen molar-refractivity contribution in [3.63, 3.8) is 0 Å². The van der Waals surface area contributed by atoms with Gasteiger partial charge in [0, 0.05) is 6.54 Å². The van der Waals surface area contributed by atoms with Crippen molar-refractivity contribution in [3.8, 4) is 0 Å². The Labute approximate surface area is 190 Å². The van der Waals surface area contributed by atoms with E-state index in [1.165, 1.54) is 4.90 Å². The fourth-order valence-corrected chi connectivity index (χ4v) is 3.64. The Bertz CT molecular complexity index is 774. The molecule has 2 amide bonds. The molecule has 1 aliphatic heterocycles. The molecule has 3 atom stereocenters. The van der Waals surface area contributed by atoms with Gasteiger partial charge in [0.1, 0.15) is 18.2 Å². The van der Waals surface area contributed by atoms with Gasteiger partial charge in [-0.1, -0.05) is 44.2 Å². The van der Waals surface area contributed by atoms with E-state index in [1.54, 1.807) is 20.8 Å². The number of esters is 1. The van der Waals surface area contributed by atoms with Gasteiger partial charge in [0.15, 0.2) is 6.10 Å². The molecule has 0 spiro atoms. The maximum atomic E-state index is 12.8. The van der Waals surface area contributed by atoms with Crippen LogP contribution in [0.2, 0.25) is 0 Å². The summed E-state index contributed by atoms with van der Waals surface area (Å²) < 4.78 is 10.8. The maximum absolute atomic E-state index is 12.8. The highest BCUT2D eigenvalue weighted by Gasteiger charge is 2.39. The number of hydrogen-bond acceptors (Lipinski definition) is 6. The van der Waals surface area contributed by atoms with E-state index in [2.05, 4.69) is 5.32 Å². The van der Waals surface area contributed by atoms with E-state index in [0.717, 1.165) is 5.56 Å². The molecule has 178 valence electrons. The normalized spacial score (nSPS) is 18.2. The topological polar surface area (TPSA) is 105 Å². The Morgan fingerprint density at radius 1 is 1.19 bits per heavy atom. The standard InChI is InChI=1S/C24H36N2O6/c1-16(2)14-18(22(29)32-24(3,4)5)25-21(28)20(27)19-12-9-13-26(19)23(30)31-15-17-10-7-6-8-11-17/h6-8,10-11,16,18-20,27H,9,12-15H2,1-5H3,(H,25,28). The van der Waals surface area contributed by atoms with Crippen LogP contribution >= 0.6 is 0 Å². The minimum Gasteiger partial charge on any atom is -0.458 e. The number of carbonyl (C=O) groups is 3. The number of aliphatic hydroxyl groups is 1. The number of rotatable bonds is 8. The van der Waals surface area contributed by atoms with Crippen LogP contribution in [0, 0.1) is 5.92 Å². The average molecular weight is 449 g/mol. The second kappa shape index (κ2) is 11.3. The molecule has 32 heavy (non-hydrogen) atoms. The predicted octanol–water partition coefficient (Wildman–Crippen LogP) is 3.02. The molecule has 1 aliphatic rings. The number of nitrogens with zero attached hydrogens (tertiary/aromatic N) is 1. The number of amides is 2. The second-order valence-electron chi connectivity index (χ2n) is 9.61. The largest absolute Gasteiger partial charge is 0.458 e. The van der Waals surface area contributed by atoms with Gasteiger partial charge in [0.25, 0.3) is 5.91 Å². The highest BCUT2D eigenvalue weighted by Crippen LogP contribution is 2.22. The Hall–Kier alpha value is -2.61. The smallest absolute Gasteiger partial charge is 0.410 e. The number of nitrogens with one attached hydrogen (secondary N) is 1. The van der Waals surface area contributed by atoms with E-state index in [1.807, 2.05) is 44.2 Å². The Morgan fingerprint density at radius 2 is 1.84 bits per heavy atom. The molecule has 2 N–H and O–H groups in total. The SMILES string of the molecule is CC(C)CC(NC(=O)C(O)C1CCCN1C(=O)OCc1ccccc1)C(=O)OC(C)(C)C. The summed E-state index contributed by atoms with van der Waals surface area (Å²) in [6, 6.07) is 7.70. The summed E-state index contributed by atoms with van der Waals surface area (Å²) in [6.07, 6.45) is -0.554. The van der Waals surface area contributed by atoms with Crippen LogP contribution in [-0.4, -0.2) is 58.3 Å². The van der Waals surface area contributed by atoms with Crippen LogP contribution in [0.3, 0.4) is 0 Å². The number of likely N-dealkylation sites (tertiary alicyclic amines) is 1. The molecule has 1 fully saturated rings. The molecule has 1 aromatic rings. The minimum absolute atomic E-state index is 0.111. The van der Waals surface area contributed by atoms with E-state index in [4.69, 9.17) is 9.47 Å². The van der Waals surface area contributed by atoms with Crippen molar-refractivity contribution in [3.05, 3.63) is 35.9 Å². The van der Waals surface area contributed by atoms with E-state index >= 15 is 0 Å². The highest BCUT2D eigenvalue weighted by molar-refractivity contribution is 5.88. The average Bonchev–Trinajstić information content (AvgIpc) is 3.20. The molecule has 0 radical (unpaired) electrons. The quantitative estimate of drug-likeness (QED) is 0.593. The van der Waals surface area contributed by atoms with Crippen LogP contribution < -0.4 is 5.32 Å². The van der Waals surface area contributed by atoms with Gasteiger partial charge < -0.3 is 24.8 Å². The third-order valence-electron chi connectivity index (χ3n) is 5.09. The van der Waals surface area contributed by atoms with Crippen molar-refractivity contribution >= 4 is 18.0 Å². The van der Waals surface area contributed by atoms with Gasteiger partial charge >= 0.3 is 12.1 Å². The third-order valence-corrected chi connectivity index (χ3v) is 5.09. The zero-order chi connectivity index (χ0) is 23.9. The maximum Gasteiger partial charge on any atom is 0.410 e. The van der Waals surface area contributed by atoms with Crippen molar-refractivity contribution in [2.45, 2.75) is 84.3 Å². The summed E-state index contributed by atoms with van der Waals surface area (Å²) in [5.41, 5.74) is 0.157. The van der Waals surface area contributed by atoms with Gasteiger partial charge in [0.2, 0.25) is 0 Å². The van der Waals surface area contributed by atoms with Crippen molar-refractivity contribution in [2.24, 2.45) is 5.92 Å². The predicted molar refractivity (Wildman–Crippen MR) is 120 cm³/mol. The summed E-state index contributed by atoms with van der Waals surface area (Å²) >= 11 is 0. The van der Waals surface area contributed by atoms with Crippen LogP contribution in [0.25, 0.3) is 0 Å². The van der Waals surface area contributed by atoms with Gasteiger partial charge in [-0.05, 0) is 51.5 Å². The number of benzene rings is 1. The lowest BCUT2D eigenvalue weighted by molar-refractivity contribution is -0.160. The van der Waals surface area contributed by atoms with Gasteiger partial charge in [0.05, 0.1) is 6.04 Å². The third kappa shape index (κ3) is 7.82. The zero-order valence-electron chi connectivity index (χ0n) is 19.7. The summed E-state index contributed by atoms with van der Waals surface area (Å²) in [6.45, 7) is 9.63. The monoisotopic (exact) mass is 448 g/mol. The summed E-state index contributed by atoms with van der Waals surface area (Å²) in [5.74, 6) is -1.12. The van der Waals surface area contributed by atoms with E-state index in [9.17, 15) is 19.5 Å². The molecular formula is C24H36N2O6. The van der Waals surface area contributed by atoms with Crippen molar-refractivity contribution in [1.82, 2.24) is 10.2 Å². The number of aliphatic hydroxyl groups excluding tert-OH is 1. The lowest BCUT2D eigenvalue weighted by Gasteiger charge is -2.29. The highest BCUT2D eigenvalue weighted by atomic mass is 16.6. The molecule has 0 saturated carbocycles. The molecule has 2 rings (SSSR count). The van der Waals surface area contributed by atoms with Crippen LogP contribution in [-0.2, 0) is 25.7 Å². The number of carbonyl (C=O) groups excluding carboxylic acids is 3. The first-order chi connectivity index (χ1) is 15.0. The first-order valence-corrected chi connectivity index (χ1v) is 11.2. The van der Waals surface area contributed by atoms with Gasteiger partial charge in [-0.25, -0.2) is 9.59 Å². The minimum atomic E-state index is -1.47. The molecule has 1 heterocycles. The second-order valence-corrected chi connectivity index (χ2v) is 9.61. The molecule has 0 aromatic heterocycles. The molecule has 0 bridgehead atoms. The molecular weight excluding hydrogens is 412 g/mol. The molecule has 1 saturated heterocycles. The Kier molecular flexibility index (Phi) is 9.07. The fraction of sp³-hybridized carbons (Fsp3) is 0.625. The van der Waals surface area contributed by atoms with Gasteiger partial charge in [-0.3, -0.25) is 4.79 Å². The fourth-order valence-electron chi connectivity index (χ4n) is 3.64. The molecule has 0 aliphatic carbocycles. The lowest BCUT2D eigenvalue weighted by Crippen LogP contribution is -2.54. The summed E-state index contributed by atoms with van der Waals surface area (Å²) in [5, 5.41) is 13.3. The van der Waals surface area contributed by atoms with Crippen LogP contribution in [0.15, 0.2) is 30.3 Å². The zero-order valence-corrected chi connectivity index (χ0v) is 19.7. The summed E-state index contributed by atoms with van der Waals surface area (Å²) in [7, 11) is 0. The van der Waals surface area contributed by atoms with Crippen molar-refractivity contribution in [1.29, 1.82) is 0 Å². The van der Waals surface area contributed by atoms with E-state index in [0.29, 0.717) is 25.8 Å². The number of ether oxygens (including phenoxy) is 2. The Morgan fingerprint density at radius 3 is 2.44 bits per heavy atom. The molecule has 8 heteroatoms. The van der Waals surface area contributed by atoms with Crippen molar-refractivity contribution in [2.75, 3.05) is 6.54 Å². The van der Waals surface area contributed by atoms with E-state index in [-0.39, 0.29) is 12.5 Å². The Balaban J connectivity index is 2.00. The number of hydrogen-bond donors (Lipinski definition) is 2. The van der Waals surface area contributed by atoms with Gasteiger partial charge in [-0.2, -0.15) is 0 Å². The molecule has 3 unspecified atom stereocenters. The first-order valence-electron chi connectivity index (χ1n) is 11.2. The van der Waals surface area contributed by atoms with Crippen molar-refractivity contribution < 1.29 is 29.0 Å². The van der Waals surface area contributed by atoms with E-state index < -0.39 is 41.8 Å².